The number of aromatic nitrogens is 1. The zero-order valence-electron chi connectivity index (χ0n) is 14.5. The minimum Gasteiger partial charge on any atom is -0.452 e. The third-order valence-corrected chi connectivity index (χ3v) is 4.42. The molecule has 1 aromatic heterocycles. The highest BCUT2D eigenvalue weighted by Gasteiger charge is 2.50. The van der Waals surface area contributed by atoms with Gasteiger partial charge in [0.2, 0.25) is 0 Å². The van der Waals surface area contributed by atoms with Gasteiger partial charge >= 0.3 is 6.18 Å². The number of hydrogen-bond donors (Lipinski definition) is 1. The number of nitrogens with zero attached hydrogens (tertiary/aromatic N) is 2. The molecule has 1 aliphatic rings. The smallest absolute Gasteiger partial charge is 0.425 e. The van der Waals surface area contributed by atoms with Gasteiger partial charge in [0.25, 0.3) is 6.02 Å². The maximum absolute atomic E-state index is 14.5. The molecule has 2 atom stereocenters. The number of benzene rings is 1. The molecule has 0 bridgehead atoms. The van der Waals surface area contributed by atoms with Gasteiger partial charge in [-0.25, -0.2) is 14.4 Å². The van der Waals surface area contributed by atoms with E-state index < -0.39 is 36.1 Å². The molecule has 9 heteroatoms. The number of aliphatic imine (C=N–C) groups is 1. The molecule has 0 radical (unpaired) electrons. The largest absolute Gasteiger partial charge is 0.452 e. The molecule has 0 saturated carbocycles. The van der Waals surface area contributed by atoms with Gasteiger partial charge in [0.15, 0.2) is 6.10 Å². The Morgan fingerprint density at radius 1 is 1.21 bits per heavy atom. The van der Waals surface area contributed by atoms with E-state index in [1.807, 2.05) is 0 Å². The van der Waals surface area contributed by atoms with Crippen LogP contribution in [0.3, 0.4) is 0 Å². The summed E-state index contributed by atoms with van der Waals surface area (Å²) in [6, 6.07) is 6.51. The number of halogens is 5. The lowest BCUT2D eigenvalue weighted by molar-refractivity contribution is -0.208. The highest BCUT2D eigenvalue weighted by molar-refractivity contribution is 6.29. The molecule has 146 valence electrons. The van der Waals surface area contributed by atoms with Crippen molar-refractivity contribution in [2.75, 3.05) is 0 Å². The second kappa shape index (κ2) is 7.32. The van der Waals surface area contributed by atoms with Crippen molar-refractivity contribution in [2.45, 2.75) is 31.2 Å². The number of alkyl halides is 3. The van der Waals surface area contributed by atoms with Crippen LogP contribution in [0.4, 0.5) is 17.6 Å². The van der Waals surface area contributed by atoms with Crippen molar-refractivity contribution in [3.8, 4) is 11.8 Å². The molecule has 28 heavy (non-hydrogen) atoms. The maximum atomic E-state index is 14.5. The summed E-state index contributed by atoms with van der Waals surface area (Å²) in [5.74, 6) is 4.95. The number of amidine groups is 1. The fourth-order valence-corrected chi connectivity index (χ4v) is 2.94. The molecule has 2 aromatic rings. The average molecular weight is 412 g/mol. The summed E-state index contributed by atoms with van der Waals surface area (Å²) >= 11 is 5.71. The van der Waals surface area contributed by atoms with Crippen molar-refractivity contribution >= 4 is 17.6 Å². The van der Waals surface area contributed by atoms with Gasteiger partial charge in [-0.3, -0.25) is 0 Å². The van der Waals surface area contributed by atoms with Gasteiger partial charge in [-0.15, -0.1) is 0 Å². The van der Waals surface area contributed by atoms with Crippen molar-refractivity contribution in [3.63, 3.8) is 0 Å². The summed E-state index contributed by atoms with van der Waals surface area (Å²) in [4.78, 5) is 7.84. The van der Waals surface area contributed by atoms with E-state index in [9.17, 15) is 17.6 Å². The molecule has 4 nitrogen and oxygen atoms in total. The topological polar surface area (TPSA) is 60.5 Å². The van der Waals surface area contributed by atoms with Crippen LogP contribution < -0.4 is 5.73 Å². The first-order chi connectivity index (χ1) is 13.1. The molecular formula is C19H14ClF4N3O. The van der Waals surface area contributed by atoms with Crippen LogP contribution in [0, 0.1) is 17.7 Å². The van der Waals surface area contributed by atoms with Gasteiger partial charge in [-0.1, -0.05) is 23.4 Å². The summed E-state index contributed by atoms with van der Waals surface area (Å²) in [7, 11) is 0. The van der Waals surface area contributed by atoms with Crippen LogP contribution in [0.1, 0.15) is 30.0 Å². The summed E-state index contributed by atoms with van der Waals surface area (Å²) in [5.41, 5.74) is 4.81. The van der Waals surface area contributed by atoms with Crippen LogP contribution in [0.15, 0.2) is 41.5 Å². The first-order valence-electron chi connectivity index (χ1n) is 8.09. The Kier molecular flexibility index (Phi) is 5.22. The standard InChI is InChI=1S/C19H14ClF4N3O/c1-18(9-15(19(22,23)24)28-17(25)27-18)13-8-11(4-6-14(13)21)2-3-12-5-7-16(20)26-10-12/h4-8,10,15H,9H2,1H3,(H2,25,27)/t15-,18?/m0/s1. The Labute approximate surface area is 163 Å². The van der Waals surface area contributed by atoms with Crippen molar-refractivity contribution in [1.29, 1.82) is 0 Å². The molecule has 2 heterocycles. The Morgan fingerprint density at radius 3 is 2.54 bits per heavy atom. The SMILES string of the molecule is CC1(c2cc(C#Cc3ccc(Cl)nc3)ccc2F)C[C@@H](C(F)(F)F)OC(N)=N1. The first-order valence-corrected chi connectivity index (χ1v) is 8.47. The van der Waals surface area contributed by atoms with E-state index in [2.05, 4.69) is 26.6 Å². The average Bonchev–Trinajstić information content (AvgIpc) is 2.61. The maximum Gasteiger partial charge on any atom is 0.425 e. The van der Waals surface area contributed by atoms with Crippen LogP contribution in [0.2, 0.25) is 5.15 Å². The molecule has 0 amide bonds. The molecule has 0 spiro atoms. The van der Waals surface area contributed by atoms with Crippen molar-refractivity contribution in [1.82, 2.24) is 4.98 Å². The van der Waals surface area contributed by atoms with E-state index in [4.69, 9.17) is 17.3 Å². The molecule has 0 fully saturated rings. The number of hydrogen-bond acceptors (Lipinski definition) is 4. The summed E-state index contributed by atoms with van der Waals surface area (Å²) in [5, 5.41) is 0.316. The monoisotopic (exact) mass is 411 g/mol. The first kappa shape index (κ1) is 20.0. The third-order valence-electron chi connectivity index (χ3n) is 4.19. The normalized spacial score (nSPS) is 21.9. The predicted octanol–water partition coefficient (Wildman–Crippen LogP) is 4.16. The quantitative estimate of drug-likeness (QED) is 0.435. The zero-order chi connectivity index (χ0) is 20.5. The van der Waals surface area contributed by atoms with Crippen LogP contribution >= 0.6 is 11.6 Å². The second-order valence-electron chi connectivity index (χ2n) is 6.39. The van der Waals surface area contributed by atoms with Crippen LogP contribution in [-0.2, 0) is 10.3 Å². The van der Waals surface area contributed by atoms with Crippen molar-refractivity contribution in [2.24, 2.45) is 10.7 Å². The van der Waals surface area contributed by atoms with E-state index in [1.165, 1.54) is 25.3 Å². The van der Waals surface area contributed by atoms with Crippen molar-refractivity contribution in [3.05, 3.63) is 64.2 Å². The number of rotatable bonds is 1. The lowest BCUT2D eigenvalue weighted by atomic mass is 9.84. The fraction of sp³-hybridized carbons (Fsp3) is 0.263. The summed E-state index contributed by atoms with van der Waals surface area (Å²) in [6.07, 6.45) is -5.97. The van der Waals surface area contributed by atoms with E-state index in [0.29, 0.717) is 16.3 Å². The molecule has 2 N–H and O–H groups in total. The van der Waals surface area contributed by atoms with E-state index >= 15 is 0 Å². The van der Waals surface area contributed by atoms with E-state index in [1.54, 1.807) is 12.1 Å². The molecule has 0 saturated heterocycles. The molecule has 1 aromatic carbocycles. The van der Waals surface area contributed by atoms with Crippen LogP contribution in [0.5, 0.6) is 0 Å². The molecule has 0 aliphatic carbocycles. The molecule has 1 aliphatic heterocycles. The minimum absolute atomic E-state index is 0.0472. The minimum atomic E-state index is -4.66. The summed E-state index contributed by atoms with van der Waals surface area (Å²) in [6.45, 7) is 1.37. The van der Waals surface area contributed by atoms with Gasteiger partial charge in [0, 0.05) is 29.3 Å². The van der Waals surface area contributed by atoms with Crippen LogP contribution in [0.25, 0.3) is 0 Å². The highest BCUT2D eigenvalue weighted by Crippen LogP contribution is 2.40. The number of ether oxygens (including phenoxy) is 1. The Balaban J connectivity index is 1.97. The molecular weight excluding hydrogens is 398 g/mol. The predicted molar refractivity (Wildman–Crippen MR) is 96.1 cm³/mol. The Bertz CT molecular complexity index is 979. The van der Waals surface area contributed by atoms with Gasteiger partial charge in [-0.05, 0) is 37.3 Å². The van der Waals surface area contributed by atoms with E-state index in [0.717, 1.165) is 6.07 Å². The lowest BCUT2D eigenvalue weighted by Crippen LogP contribution is -2.46. The van der Waals surface area contributed by atoms with Gasteiger partial charge in [0.05, 0.1) is 5.54 Å². The molecule has 1 unspecified atom stereocenters. The van der Waals surface area contributed by atoms with Gasteiger partial charge < -0.3 is 10.5 Å². The Hall–Kier alpha value is -2.79. The molecule has 3 rings (SSSR count). The number of nitrogens with two attached hydrogens (primary N) is 1. The van der Waals surface area contributed by atoms with Crippen LogP contribution in [-0.4, -0.2) is 23.3 Å². The highest BCUT2D eigenvalue weighted by atomic mass is 35.5. The second-order valence-corrected chi connectivity index (χ2v) is 6.78. The summed E-state index contributed by atoms with van der Waals surface area (Å²) < 4.78 is 58.4. The van der Waals surface area contributed by atoms with Gasteiger partial charge in [-0.2, -0.15) is 13.2 Å². The van der Waals surface area contributed by atoms with Gasteiger partial charge in [0.1, 0.15) is 11.0 Å². The fourth-order valence-electron chi connectivity index (χ4n) is 2.83. The lowest BCUT2D eigenvalue weighted by Gasteiger charge is -2.35. The zero-order valence-corrected chi connectivity index (χ0v) is 15.3. The van der Waals surface area contributed by atoms with Crippen molar-refractivity contribution < 1.29 is 22.3 Å². The van der Waals surface area contributed by atoms with E-state index in [-0.39, 0.29) is 5.56 Å². The number of pyridine rings is 1. The Morgan fingerprint density at radius 2 is 1.89 bits per heavy atom. The third kappa shape index (κ3) is 4.37.